The highest BCUT2D eigenvalue weighted by Gasteiger charge is 2.47. The van der Waals surface area contributed by atoms with E-state index in [0.717, 1.165) is 12.8 Å². The van der Waals surface area contributed by atoms with Crippen LogP contribution in [0.4, 0.5) is 0 Å². The standard InChI is InChI=1S/C13H25NO2/c1-9-5-13(8-14,7-11(15)16)6-10(9)12(2,3)4/h9-10H,5-8,14H2,1-4H3,(H,15,16)/t9-,10+,13-/m1/s1. The minimum Gasteiger partial charge on any atom is -0.481 e. The normalized spacial score (nSPS) is 35.3. The van der Waals surface area contributed by atoms with Gasteiger partial charge in [-0.2, -0.15) is 0 Å². The first-order valence-electron chi connectivity index (χ1n) is 6.12. The van der Waals surface area contributed by atoms with Gasteiger partial charge in [0.15, 0.2) is 0 Å². The zero-order chi connectivity index (χ0) is 12.6. The van der Waals surface area contributed by atoms with Crippen molar-refractivity contribution >= 4 is 5.97 Å². The number of hydrogen-bond donors (Lipinski definition) is 2. The molecule has 94 valence electrons. The van der Waals surface area contributed by atoms with E-state index in [-0.39, 0.29) is 17.3 Å². The number of carboxylic acids is 1. The smallest absolute Gasteiger partial charge is 0.303 e. The van der Waals surface area contributed by atoms with Crippen molar-refractivity contribution in [3.63, 3.8) is 0 Å². The van der Waals surface area contributed by atoms with Gasteiger partial charge in [-0.05, 0) is 42.1 Å². The van der Waals surface area contributed by atoms with Gasteiger partial charge in [0.05, 0.1) is 6.42 Å². The van der Waals surface area contributed by atoms with Crippen molar-refractivity contribution in [2.24, 2.45) is 28.4 Å². The van der Waals surface area contributed by atoms with Crippen LogP contribution in [0.2, 0.25) is 0 Å². The first-order chi connectivity index (χ1) is 7.20. The predicted octanol–water partition coefficient (Wildman–Crippen LogP) is 2.50. The molecule has 3 nitrogen and oxygen atoms in total. The summed E-state index contributed by atoms with van der Waals surface area (Å²) in [7, 11) is 0. The summed E-state index contributed by atoms with van der Waals surface area (Å²) >= 11 is 0. The van der Waals surface area contributed by atoms with Gasteiger partial charge in [-0.3, -0.25) is 4.79 Å². The van der Waals surface area contributed by atoms with Crippen LogP contribution in [0, 0.1) is 22.7 Å². The molecule has 0 aromatic carbocycles. The average molecular weight is 227 g/mol. The molecule has 0 bridgehead atoms. The molecule has 1 aliphatic carbocycles. The number of carboxylic acid groups (broad SMARTS) is 1. The van der Waals surface area contributed by atoms with E-state index in [4.69, 9.17) is 10.8 Å². The highest BCUT2D eigenvalue weighted by Crippen LogP contribution is 2.53. The molecule has 0 spiro atoms. The fourth-order valence-electron chi connectivity index (χ4n) is 3.44. The van der Waals surface area contributed by atoms with E-state index in [1.54, 1.807) is 0 Å². The van der Waals surface area contributed by atoms with Gasteiger partial charge in [0, 0.05) is 0 Å². The molecular formula is C13H25NO2. The predicted molar refractivity (Wildman–Crippen MR) is 65.1 cm³/mol. The van der Waals surface area contributed by atoms with Crippen LogP contribution in [0.25, 0.3) is 0 Å². The maximum Gasteiger partial charge on any atom is 0.303 e. The first kappa shape index (κ1) is 13.5. The van der Waals surface area contributed by atoms with Crippen molar-refractivity contribution in [1.29, 1.82) is 0 Å². The zero-order valence-corrected chi connectivity index (χ0v) is 10.9. The van der Waals surface area contributed by atoms with E-state index in [2.05, 4.69) is 27.7 Å². The van der Waals surface area contributed by atoms with Crippen molar-refractivity contribution in [3.05, 3.63) is 0 Å². The van der Waals surface area contributed by atoms with Gasteiger partial charge >= 0.3 is 5.97 Å². The molecule has 1 saturated carbocycles. The largest absolute Gasteiger partial charge is 0.481 e. The number of aliphatic carboxylic acids is 1. The quantitative estimate of drug-likeness (QED) is 0.778. The van der Waals surface area contributed by atoms with Crippen LogP contribution in [0.1, 0.15) is 47.0 Å². The lowest BCUT2D eigenvalue weighted by molar-refractivity contribution is -0.139. The molecule has 0 saturated heterocycles. The second-order valence-corrected chi connectivity index (χ2v) is 6.63. The van der Waals surface area contributed by atoms with Crippen LogP contribution >= 0.6 is 0 Å². The van der Waals surface area contributed by atoms with Gasteiger partial charge in [0.25, 0.3) is 0 Å². The van der Waals surface area contributed by atoms with Gasteiger partial charge in [-0.25, -0.2) is 0 Å². The van der Waals surface area contributed by atoms with E-state index in [9.17, 15) is 4.79 Å². The highest BCUT2D eigenvalue weighted by atomic mass is 16.4. The van der Waals surface area contributed by atoms with Crippen LogP contribution in [-0.2, 0) is 4.79 Å². The van der Waals surface area contributed by atoms with Gasteiger partial charge in [-0.1, -0.05) is 27.7 Å². The van der Waals surface area contributed by atoms with Crippen molar-refractivity contribution in [2.75, 3.05) is 6.54 Å². The molecule has 0 unspecified atom stereocenters. The Bertz CT molecular complexity index is 270. The molecule has 0 aromatic rings. The van der Waals surface area contributed by atoms with Gasteiger partial charge < -0.3 is 10.8 Å². The Hall–Kier alpha value is -0.570. The lowest BCUT2D eigenvalue weighted by atomic mass is 9.74. The van der Waals surface area contributed by atoms with Crippen LogP contribution in [-0.4, -0.2) is 17.6 Å². The monoisotopic (exact) mass is 227 g/mol. The van der Waals surface area contributed by atoms with E-state index in [1.807, 2.05) is 0 Å². The second kappa shape index (κ2) is 4.36. The maximum atomic E-state index is 10.9. The third-order valence-corrected chi connectivity index (χ3v) is 4.17. The Morgan fingerprint density at radius 1 is 1.44 bits per heavy atom. The summed E-state index contributed by atoms with van der Waals surface area (Å²) in [6.45, 7) is 9.44. The lowest BCUT2D eigenvalue weighted by Crippen LogP contribution is -2.31. The second-order valence-electron chi connectivity index (χ2n) is 6.63. The minimum atomic E-state index is -0.716. The molecule has 0 radical (unpaired) electrons. The van der Waals surface area contributed by atoms with Gasteiger partial charge in [0.1, 0.15) is 0 Å². The van der Waals surface area contributed by atoms with Crippen molar-refractivity contribution in [1.82, 2.24) is 0 Å². The van der Waals surface area contributed by atoms with Crippen LogP contribution in [0.3, 0.4) is 0 Å². The Labute approximate surface area is 98.4 Å². The average Bonchev–Trinajstić information content (AvgIpc) is 2.42. The van der Waals surface area contributed by atoms with E-state index in [0.29, 0.717) is 18.4 Å². The van der Waals surface area contributed by atoms with E-state index >= 15 is 0 Å². The zero-order valence-electron chi connectivity index (χ0n) is 10.9. The minimum absolute atomic E-state index is 0.163. The number of carbonyl (C=O) groups is 1. The van der Waals surface area contributed by atoms with Crippen LogP contribution in [0.5, 0.6) is 0 Å². The molecule has 16 heavy (non-hydrogen) atoms. The maximum absolute atomic E-state index is 10.9. The third-order valence-electron chi connectivity index (χ3n) is 4.17. The molecule has 0 aromatic heterocycles. The van der Waals surface area contributed by atoms with Crippen molar-refractivity contribution in [2.45, 2.75) is 47.0 Å². The molecule has 3 heteroatoms. The summed E-state index contributed by atoms with van der Waals surface area (Å²) in [5.74, 6) is 0.436. The summed E-state index contributed by atoms with van der Waals surface area (Å²) in [6.07, 6.45) is 2.14. The number of nitrogens with two attached hydrogens (primary N) is 1. The molecule has 0 aliphatic heterocycles. The number of rotatable bonds is 3. The Balaban J connectivity index is 2.83. The summed E-state index contributed by atoms with van der Waals surface area (Å²) in [5, 5.41) is 8.99. The summed E-state index contributed by atoms with van der Waals surface area (Å²) < 4.78 is 0. The fourth-order valence-corrected chi connectivity index (χ4v) is 3.44. The Kier molecular flexibility index (Phi) is 3.68. The summed E-state index contributed by atoms with van der Waals surface area (Å²) in [6, 6.07) is 0. The highest BCUT2D eigenvalue weighted by molar-refractivity contribution is 5.67. The molecule has 3 N–H and O–H groups in total. The molecule has 1 aliphatic rings. The molecule has 1 rings (SSSR count). The molecule has 0 heterocycles. The van der Waals surface area contributed by atoms with Gasteiger partial charge in [0.2, 0.25) is 0 Å². The number of hydrogen-bond acceptors (Lipinski definition) is 2. The molecule has 3 atom stereocenters. The molecule has 1 fully saturated rings. The van der Waals surface area contributed by atoms with Crippen molar-refractivity contribution < 1.29 is 9.90 Å². The van der Waals surface area contributed by atoms with Crippen LogP contribution in [0.15, 0.2) is 0 Å². The van der Waals surface area contributed by atoms with Gasteiger partial charge in [-0.15, -0.1) is 0 Å². The summed E-state index contributed by atoms with van der Waals surface area (Å²) in [4.78, 5) is 10.9. The Morgan fingerprint density at radius 3 is 2.31 bits per heavy atom. The third kappa shape index (κ3) is 2.76. The van der Waals surface area contributed by atoms with Crippen LogP contribution < -0.4 is 5.73 Å². The summed E-state index contributed by atoms with van der Waals surface area (Å²) in [5.41, 5.74) is 5.90. The Morgan fingerprint density at radius 2 is 2.00 bits per heavy atom. The molecular weight excluding hydrogens is 202 g/mol. The molecule has 0 amide bonds. The van der Waals surface area contributed by atoms with Crippen molar-refractivity contribution in [3.8, 4) is 0 Å². The first-order valence-corrected chi connectivity index (χ1v) is 6.12. The van der Waals surface area contributed by atoms with E-state index < -0.39 is 5.97 Å². The topological polar surface area (TPSA) is 63.3 Å². The lowest BCUT2D eigenvalue weighted by Gasteiger charge is -2.32. The SMILES string of the molecule is C[C@@H]1C[C@](CN)(CC(=O)O)C[C@@H]1C(C)(C)C. The fraction of sp³-hybridized carbons (Fsp3) is 0.923. The van der Waals surface area contributed by atoms with E-state index in [1.165, 1.54) is 0 Å².